The van der Waals surface area contributed by atoms with Gasteiger partial charge in [-0.15, -0.1) is 0 Å². The molecule has 4 N–H and O–H groups in total. The van der Waals surface area contributed by atoms with Crippen LogP contribution in [0.5, 0.6) is 0 Å². The Morgan fingerprint density at radius 2 is 1.65 bits per heavy atom. The number of aromatic amines is 2. The van der Waals surface area contributed by atoms with Crippen molar-refractivity contribution >= 4 is 22.8 Å². The van der Waals surface area contributed by atoms with Gasteiger partial charge in [0, 0.05) is 17.2 Å². The van der Waals surface area contributed by atoms with Crippen LogP contribution in [0.3, 0.4) is 0 Å². The molecule has 0 spiro atoms. The smallest absolute Gasteiger partial charge is 0.123 e. The number of nitrogens with zero attached hydrogens (tertiary/aromatic N) is 4. The van der Waals surface area contributed by atoms with E-state index in [1.54, 1.807) is 0 Å². The van der Waals surface area contributed by atoms with Crippen molar-refractivity contribution in [3.8, 4) is 33.6 Å². The number of H-pyrrole nitrogens is 2. The molecule has 3 atom stereocenters. The third kappa shape index (κ3) is 4.58. The zero-order valence-electron chi connectivity index (χ0n) is 21.4. The molecule has 0 amide bonds. The van der Waals surface area contributed by atoms with E-state index >= 15 is 0 Å². The molecule has 1 aliphatic heterocycles. The number of fused-ring (bicyclic) bond motifs is 1. The summed E-state index contributed by atoms with van der Waals surface area (Å²) in [7, 11) is 1.98. The van der Waals surface area contributed by atoms with Gasteiger partial charge in [0.05, 0.1) is 47.6 Å². The number of nitrogens with one attached hydrogen (secondary N) is 4. The van der Waals surface area contributed by atoms with E-state index in [9.17, 15) is 0 Å². The average Bonchev–Trinajstić information content (AvgIpc) is 3.73. The summed E-state index contributed by atoms with van der Waals surface area (Å²) in [6, 6.07) is 13.9. The highest BCUT2D eigenvalue weighted by atomic mass is 32.1. The molecule has 0 bridgehead atoms. The normalized spacial score (nSPS) is 18.6. The van der Waals surface area contributed by atoms with Crippen LogP contribution in [0.15, 0.2) is 48.8 Å². The lowest BCUT2D eigenvalue weighted by Crippen LogP contribution is -2.21. The van der Waals surface area contributed by atoms with Crippen LogP contribution in [-0.2, 0) is 0 Å². The van der Waals surface area contributed by atoms with E-state index in [0.29, 0.717) is 6.04 Å². The Morgan fingerprint density at radius 1 is 0.919 bits per heavy atom. The highest BCUT2D eigenvalue weighted by molar-refractivity contribution is 7.00. The van der Waals surface area contributed by atoms with E-state index < -0.39 is 0 Å². The fourth-order valence-corrected chi connectivity index (χ4v) is 5.88. The molecule has 0 aliphatic carbocycles. The quantitative estimate of drug-likeness (QED) is 0.203. The Labute approximate surface area is 220 Å². The fraction of sp³-hybridized carbons (Fsp3) is 0.357. The number of imidazole rings is 2. The lowest BCUT2D eigenvalue weighted by Gasteiger charge is -2.11. The van der Waals surface area contributed by atoms with Gasteiger partial charge in [0.25, 0.3) is 0 Å². The molecule has 0 radical (unpaired) electrons. The minimum absolute atomic E-state index is 0.242. The molecule has 6 rings (SSSR count). The van der Waals surface area contributed by atoms with E-state index in [-0.39, 0.29) is 12.1 Å². The average molecular weight is 513 g/mol. The molecular formula is C28H32N8S. The monoisotopic (exact) mass is 512 g/mol. The van der Waals surface area contributed by atoms with Crippen molar-refractivity contribution < 1.29 is 0 Å². The predicted molar refractivity (Wildman–Crippen MR) is 149 cm³/mol. The van der Waals surface area contributed by atoms with E-state index in [1.807, 2.05) is 19.4 Å². The van der Waals surface area contributed by atoms with Crippen LogP contribution < -0.4 is 10.6 Å². The molecule has 190 valence electrons. The van der Waals surface area contributed by atoms with Crippen molar-refractivity contribution in [3.05, 3.63) is 60.4 Å². The van der Waals surface area contributed by atoms with Crippen molar-refractivity contribution in [3.63, 3.8) is 0 Å². The van der Waals surface area contributed by atoms with Crippen LogP contribution in [0, 0.1) is 0 Å². The lowest BCUT2D eigenvalue weighted by atomic mass is 9.99. The minimum Gasteiger partial charge on any atom is -0.341 e. The molecule has 37 heavy (non-hydrogen) atoms. The van der Waals surface area contributed by atoms with Crippen molar-refractivity contribution in [2.75, 3.05) is 7.05 Å². The van der Waals surface area contributed by atoms with Crippen LogP contribution in [-0.4, -0.2) is 41.8 Å². The molecule has 9 heteroatoms. The summed E-state index contributed by atoms with van der Waals surface area (Å²) in [6.45, 7) is 4.41. The Morgan fingerprint density at radius 3 is 2.38 bits per heavy atom. The maximum absolute atomic E-state index is 4.67. The largest absolute Gasteiger partial charge is 0.341 e. The molecule has 1 fully saturated rings. The van der Waals surface area contributed by atoms with Gasteiger partial charge in [0.15, 0.2) is 0 Å². The van der Waals surface area contributed by atoms with Crippen LogP contribution in [0.25, 0.3) is 44.7 Å². The van der Waals surface area contributed by atoms with E-state index in [2.05, 4.69) is 89.6 Å². The molecule has 8 nitrogen and oxygen atoms in total. The Balaban J connectivity index is 1.27. The summed E-state index contributed by atoms with van der Waals surface area (Å²) < 4.78 is 9.32. The van der Waals surface area contributed by atoms with Gasteiger partial charge in [-0.05, 0) is 50.4 Å². The molecule has 5 aromatic rings. The summed E-state index contributed by atoms with van der Waals surface area (Å²) in [5, 5.41) is 6.95. The lowest BCUT2D eigenvalue weighted by molar-refractivity contribution is 0.518. The van der Waals surface area contributed by atoms with Gasteiger partial charge in [-0.1, -0.05) is 43.7 Å². The SMILES string of the molecule is CCC[C@H](NC)c1ncc(-c2ccc(-c3ccc(-c4cnc([C@@H]5CCC(C)N5)[nH]4)c4nsnc34)cc2)[nH]1. The first-order valence-electron chi connectivity index (χ1n) is 13.0. The van der Waals surface area contributed by atoms with Gasteiger partial charge in [-0.25, -0.2) is 9.97 Å². The van der Waals surface area contributed by atoms with Crippen molar-refractivity contribution in [2.24, 2.45) is 0 Å². The summed E-state index contributed by atoms with van der Waals surface area (Å²) in [6.07, 6.45) is 8.26. The minimum atomic E-state index is 0.242. The standard InChI is InChI=1S/C28H32N8S/c1-4-5-21(29-3)27-30-14-23(33-27)18-9-7-17(8-10-18)19-11-12-20(26-25(19)35-37-36-26)24-15-31-28(34-24)22-13-6-16(2)32-22/h7-12,14-16,21-22,29,32H,4-6,13H2,1-3H3,(H,30,33)(H,31,34)/t16?,21-,22-/m0/s1. The summed E-state index contributed by atoms with van der Waals surface area (Å²) >= 11 is 1.25. The molecule has 1 saturated heterocycles. The first-order chi connectivity index (χ1) is 18.1. The molecule has 3 aromatic heterocycles. The second-order valence-electron chi connectivity index (χ2n) is 9.89. The van der Waals surface area contributed by atoms with E-state index in [0.717, 1.165) is 75.6 Å². The fourth-order valence-electron chi connectivity index (χ4n) is 5.31. The number of benzene rings is 2. The Bertz CT molecular complexity index is 1500. The van der Waals surface area contributed by atoms with Gasteiger partial charge in [0.1, 0.15) is 22.7 Å². The first-order valence-corrected chi connectivity index (χ1v) is 13.8. The van der Waals surface area contributed by atoms with Gasteiger partial charge in [-0.2, -0.15) is 8.75 Å². The molecule has 2 aromatic carbocycles. The van der Waals surface area contributed by atoms with Crippen molar-refractivity contribution in [1.82, 2.24) is 39.3 Å². The zero-order valence-corrected chi connectivity index (χ0v) is 22.2. The predicted octanol–water partition coefficient (Wildman–Crippen LogP) is 6.01. The summed E-state index contributed by atoms with van der Waals surface area (Å²) in [5.74, 6) is 1.97. The van der Waals surface area contributed by atoms with Gasteiger partial charge in [0.2, 0.25) is 0 Å². The number of aromatic nitrogens is 6. The molecule has 0 saturated carbocycles. The molecule has 4 heterocycles. The Kier molecular flexibility index (Phi) is 6.58. The van der Waals surface area contributed by atoms with Crippen molar-refractivity contribution in [2.45, 2.75) is 57.7 Å². The third-order valence-corrected chi connectivity index (χ3v) is 7.89. The van der Waals surface area contributed by atoms with Crippen LogP contribution in [0.1, 0.15) is 63.3 Å². The van der Waals surface area contributed by atoms with Crippen LogP contribution in [0.2, 0.25) is 0 Å². The second kappa shape index (κ2) is 10.2. The van der Waals surface area contributed by atoms with E-state index in [4.69, 9.17) is 0 Å². The first kappa shape index (κ1) is 24.0. The molecule has 1 unspecified atom stereocenters. The zero-order chi connectivity index (χ0) is 25.4. The summed E-state index contributed by atoms with van der Waals surface area (Å²) in [4.78, 5) is 16.3. The third-order valence-electron chi connectivity index (χ3n) is 7.36. The number of hydrogen-bond acceptors (Lipinski definition) is 7. The van der Waals surface area contributed by atoms with Gasteiger partial charge >= 0.3 is 0 Å². The van der Waals surface area contributed by atoms with Crippen LogP contribution in [0.4, 0.5) is 0 Å². The summed E-state index contributed by atoms with van der Waals surface area (Å²) in [5.41, 5.74) is 8.16. The number of rotatable bonds is 8. The van der Waals surface area contributed by atoms with Crippen LogP contribution >= 0.6 is 11.7 Å². The topological polar surface area (TPSA) is 107 Å². The van der Waals surface area contributed by atoms with Crippen molar-refractivity contribution in [1.29, 1.82) is 0 Å². The number of hydrogen-bond donors (Lipinski definition) is 4. The Hall–Kier alpha value is -3.40. The highest BCUT2D eigenvalue weighted by Gasteiger charge is 2.24. The maximum Gasteiger partial charge on any atom is 0.123 e. The molecular weight excluding hydrogens is 480 g/mol. The highest BCUT2D eigenvalue weighted by Crippen LogP contribution is 2.35. The van der Waals surface area contributed by atoms with Gasteiger partial charge < -0.3 is 20.6 Å². The molecule has 1 aliphatic rings. The van der Waals surface area contributed by atoms with Gasteiger partial charge in [-0.3, -0.25) is 0 Å². The van der Waals surface area contributed by atoms with E-state index in [1.165, 1.54) is 18.1 Å². The maximum atomic E-state index is 4.67. The second-order valence-corrected chi connectivity index (χ2v) is 10.4.